The lowest BCUT2D eigenvalue weighted by Crippen LogP contribution is -2.19. The standard InChI is InChI=1S/C27H22N6/c1-2-21(27-30-13-14-31-27)16-25-20(1)15-24(33-25)18-3-7-22(8-4-18)32-23-9-5-19(6-10-23)26-17-28-11-12-29-26/h1-12,15-17,32-33H,13-14H2,(H,30,31). The summed E-state index contributed by atoms with van der Waals surface area (Å²) in [7, 11) is 0. The highest BCUT2D eigenvalue weighted by atomic mass is 15.1. The van der Waals surface area contributed by atoms with Crippen LogP contribution in [-0.4, -0.2) is 33.9 Å². The number of hydrogen-bond acceptors (Lipinski definition) is 5. The fraction of sp³-hybridized carbons (Fsp3) is 0.0741. The van der Waals surface area contributed by atoms with Gasteiger partial charge in [-0.05, 0) is 42.0 Å². The smallest absolute Gasteiger partial charge is 0.128 e. The Morgan fingerprint density at radius 3 is 2.21 bits per heavy atom. The maximum atomic E-state index is 4.52. The molecule has 0 saturated carbocycles. The van der Waals surface area contributed by atoms with Gasteiger partial charge < -0.3 is 15.6 Å². The number of anilines is 2. The molecule has 2 aromatic heterocycles. The molecule has 6 rings (SSSR count). The maximum Gasteiger partial charge on any atom is 0.128 e. The first kappa shape index (κ1) is 19.3. The van der Waals surface area contributed by atoms with E-state index in [0.717, 1.165) is 63.9 Å². The fourth-order valence-corrected chi connectivity index (χ4v) is 4.09. The first-order valence-corrected chi connectivity index (χ1v) is 11.0. The third kappa shape index (κ3) is 3.94. The first-order chi connectivity index (χ1) is 16.3. The molecular formula is C27H22N6. The van der Waals surface area contributed by atoms with Crippen molar-refractivity contribution in [2.24, 2.45) is 4.99 Å². The van der Waals surface area contributed by atoms with Crippen LogP contribution in [0.3, 0.4) is 0 Å². The summed E-state index contributed by atoms with van der Waals surface area (Å²) in [6.45, 7) is 1.76. The van der Waals surface area contributed by atoms with Crippen molar-refractivity contribution in [2.45, 2.75) is 0 Å². The van der Waals surface area contributed by atoms with E-state index in [2.05, 4.69) is 91.2 Å². The zero-order chi connectivity index (χ0) is 22.0. The van der Waals surface area contributed by atoms with Crippen molar-refractivity contribution in [1.29, 1.82) is 0 Å². The molecule has 0 atom stereocenters. The van der Waals surface area contributed by atoms with Gasteiger partial charge in [0, 0.05) is 58.0 Å². The molecule has 0 amide bonds. The number of rotatable bonds is 5. The number of fused-ring (bicyclic) bond motifs is 1. The van der Waals surface area contributed by atoms with E-state index in [4.69, 9.17) is 0 Å². The summed E-state index contributed by atoms with van der Waals surface area (Å²) in [5, 5.41) is 7.99. The Hall–Kier alpha value is -4.45. The van der Waals surface area contributed by atoms with Crippen molar-refractivity contribution in [3.05, 3.63) is 97.0 Å². The number of hydrogen-bond donors (Lipinski definition) is 3. The summed E-state index contributed by atoms with van der Waals surface area (Å²) in [4.78, 5) is 16.6. The van der Waals surface area contributed by atoms with Crippen LogP contribution in [0.1, 0.15) is 5.56 Å². The highest BCUT2D eigenvalue weighted by Gasteiger charge is 2.10. The number of amidine groups is 1. The van der Waals surface area contributed by atoms with Gasteiger partial charge >= 0.3 is 0 Å². The Morgan fingerprint density at radius 2 is 1.52 bits per heavy atom. The molecule has 33 heavy (non-hydrogen) atoms. The molecule has 0 unspecified atom stereocenters. The molecule has 5 aromatic rings. The van der Waals surface area contributed by atoms with Crippen molar-refractivity contribution in [3.8, 4) is 22.5 Å². The predicted molar refractivity (Wildman–Crippen MR) is 134 cm³/mol. The van der Waals surface area contributed by atoms with Crippen LogP contribution in [0, 0.1) is 0 Å². The van der Waals surface area contributed by atoms with Gasteiger partial charge in [0.1, 0.15) is 5.84 Å². The van der Waals surface area contributed by atoms with Gasteiger partial charge in [-0.15, -0.1) is 0 Å². The molecule has 0 radical (unpaired) electrons. The molecule has 160 valence electrons. The maximum absolute atomic E-state index is 4.52. The Balaban J connectivity index is 1.19. The van der Waals surface area contributed by atoms with E-state index in [1.807, 2.05) is 12.1 Å². The number of aliphatic imine (C=N–C) groups is 1. The average molecular weight is 431 g/mol. The Kier molecular flexibility index (Phi) is 4.81. The minimum Gasteiger partial charge on any atom is -0.368 e. The van der Waals surface area contributed by atoms with E-state index in [9.17, 15) is 0 Å². The SMILES string of the molecule is c1cnc(-c2ccc(Nc3ccc(-c4cc5ccc(C6=NCCN6)cc5[nH]4)cc3)cc2)cn1. The molecule has 0 aliphatic carbocycles. The number of H-pyrrole nitrogens is 1. The molecule has 0 saturated heterocycles. The van der Waals surface area contributed by atoms with Crippen LogP contribution in [-0.2, 0) is 0 Å². The minimum atomic E-state index is 0.843. The normalized spacial score (nSPS) is 13.0. The van der Waals surface area contributed by atoms with Gasteiger partial charge in [-0.3, -0.25) is 15.0 Å². The third-order valence-corrected chi connectivity index (χ3v) is 5.80. The summed E-state index contributed by atoms with van der Waals surface area (Å²) in [6.07, 6.45) is 5.15. The van der Waals surface area contributed by atoms with Crippen molar-refractivity contribution in [3.63, 3.8) is 0 Å². The van der Waals surface area contributed by atoms with Crippen molar-refractivity contribution >= 4 is 28.1 Å². The lowest BCUT2D eigenvalue weighted by atomic mass is 10.1. The zero-order valence-electron chi connectivity index (χ0n) is 17.9. The quantitative estimate of drug-likeness (QED) is 0.350. The van der Waals surface area contributed by atoms with Gasteiger partial charge in [0.15, 0.2) is 0 Å². The molecular weight excluding hydrogens is 408 g/mol. The van der Waals surface area contributed by atoms with Gasteiger partial charge in [0.2, 0.25) is 0 Å². The van der Waals surface area contributed by atoms with Crippen molar-refractivity contribution in [1.82, 2.24) is 20.3 Å². The molecule has 1 aliphatic rings. The highest BCUT2D eigenvalue weighted by molar-refractivity contribution is 6.02. The highest BCUT2D eigenvalue weighted by Crippen LogP contribution is 2.27. The summed E-state index contributed by atoms with van der Waals surface area (Å²) in [5.41, 5.74) is 8.46. The van der Waals surface area contributed by atoms with Crippen LogP contribution in [0.25, 0.3) is 33.4 Å². The fourth-order valence-electron chi connectivity index (χ4n) is 4.09. The molecule has 0 spiro atoms. The van der Waals surface area contributed by atoms with Crippen LogP contribution in [0.2, 0.25) is 0 Å². The second kappa shape index (κ2) is 8.24. The van der Waals surface area contributed by atoms with Gasteiger partial charge in [0.05, 0.1) is 18.4 Å². The summed E-state index contributed by atoms with van der Waals surface area (Å²) in [6, 6.07) is 25.3. The number of nitrogens with one attached hydrogen (secondary N) is 3. The summed E-state index contributed by atoms with van der Waals surface area (Å²) < 4.78 is 0. The number of aromatic amines is 1. The lowest BCUT2D eigenvalue weighted by molar-refractivity contribution is 0.960. The molecule has 3 heterocycles. The van der Waals surface area contributed by atoms with Crippen LogP contribution in [0.4, 0.5) is 11.4 Å². The minimum absolute atomic E-state index is 0.843. The second-order valence-corrected chi connectivity index (χ2v) is 8.01. The van der Waals surface area contributed by atoms with Crippen molar-refractivity contribution < 1.29 is 0 Å². The number of aromatic nitrogens is 3. The molecule has 3 aromatic carbocycles. The van der Waals surface area contributed by atoms with Gasteiger partial charge in [-0.1, -0.05) is 36.4 Å². The van der Waals surface area contributed by atoms with E-state index in [0.29, 0.717) is 0 Å². The summed E-state index contributed by atoms with van der Waals surface area (Å²) in [5.74, 6) is 0.980. The summed E-state index contributed by atoms with van der Waals surface area (Å²) >= 11 is 0. The predicted octanol–water partition coefficient (Wildman–Crippen LogP) is 5.39. The van der Waals surface area contributed by atoms with E-state index < -0.39 is 0 Å². The largest absolute Gasteiger partial charge is 0.368 e. The average Bonchev–Trinajstić information content (AvgIpc) is 3.55. The topological polar surface area (TPSA) is 78.0 Å². The molecule has 1 aliphatic heterocycles. The first-order valence-electron chi connectivity index (χ1n) is 11.0. The van der Waals surface area contributed by atoms with E-state index in [1.165, 1.54) is 5.39 Å². The third-order valence-electron chi connectivity index (χ3n) is 5.80. The van der Waals surface area contributed by atoms with Gasteiger partial charge in [0.25, 0.3) is 0 Å². The number of nitrogens with zero attached hydrogens (tertiary/aromatic N) is 3. The lowest BCUT2D eigenvalue weighted by Gasteiger charge is -2.08. The second-order valence-electron chi connectivity index (χ2n) is 8.01. The van der Waals surface area contributed by atoms with Crippen LogP contribution in [0.5, 0.6) is 0 Å². The molecule has 6 nitrogen and oxygen atoms in total. The Bertz CT molecular complexity index is 1430. The number of benzene rings is 3. The molecule has 3 N–H and O–H groups in total. The van der Waals surface area contributed by atoms with Crippen LogP contribution in [0.15, 0.2) is 96.4 Å². The zero-order valence-corrected chi connectivity index (χ0v) is 17.9. The molecule has 0 bridgehead atoms. The van der Waals surface area contributed by atoms with E-state index >= 15 is 0 Å². The van der Waals surface area contributed by atoms with Crippen LogP contribution < -0.4 is 10.6 Å². The van der Waals surface area contributed by atoms with Gasteiger partial charge in [-0.25, -0.2) is 0 Å². The molecule has 0 fully saturated rings. The Labute approximate surface area is 191 Å². The Morgan fingerprint density at radius 1 is 0.758 bits per heavy atom. The van der Waals surface area contributed by atoms with E-state index in [1.54, 1.807) is 18.6 Å². The van der Waals surface area contributed by atoms with Crippen molar-refractivity contribution in [2.75, 3.05) is 18.4 Å². The van der Waals surface area contributed by atoms with Crippen LogP contribution >= 0.6 is 0 Å². The van der Waals surface area contributed by atoms with Gasteiger partial charge in [-0.2, -0.15) is 0 Å². The monoisotopic (exact) mass is 430 g/mol. The molecule has 6 heteroatoms. The van der Waals surface area contributed by atoms with E-state index in [-0.39, 0.29) is 0 Å².